The van der Waals surface area contributed by atoms with Crippen LogP contribution in [0.15, 0.2) is 24.3 Å². The van der Waals surface area contributed by atoms with Crippen molar-refractivity contribution in [2.45, 2.75) is 18.9 Å². The largest absolute Gasteiger partial charge is 0.508 e. The quantitative estimate of drug-likeness (QED) is 0.807. The highest BCUT2D eigenvalue weighted by Crippen LogP contribution is 2.30. The number of esters is 1. The van der Waals surface area contributed by atoms with E-state index in [2.05, 4.69) is 4.90 Å². The molecule has 3 fully saturated rings. The van der Waals surface area contributed by atoms with Gasteiger partial charge in [0.15, 0.2) is 0 Å². The Labute approximate surface area is 106 Å². The van der Waals surface area contributed by atoms with Crippen LogP contribution in [0, 0.1) is 5.92 Å². The van der Waals surface area contributed by atoms with Crippen LogP contribution >= 0.6 is 0 Å². The molecule has 0 radical (unpaired) electrons. The molecule has 0 saturated carbocycles. The number of carbonyl (C=O) groups is 1. The van der Waals surface area contributed by atoms with Crippen LogP contribution < -0.4 is 0 Å². The number of hydrogen-bond acceptors (Lipinski definition) is 4. The third kappa shape index (κ3) is 2.20. The van der Waals surface area contributed by atoms with Gasteiger partial charge >= 0.3 is 5.97 Å². The van der Waals surface area contributed by atoms with Crippen LogP contribution in [0.5, 0.6) is 5.75 Å². The monoisotopic (exact) mass is 247 g/mol. The summed E-state index contributed by atoms with van der Waals surface area (Å²) < 4.78 is 5.59. The summed E-state index contributed by atoms with van der Waals surface area (Å²) >= 11 is 0. The Kier molecular flexibility index (Phi) is 2.96. The number of carbonyl (C=O) groups excluding carboxylic acids is 1. The summed E-state index contributed by atoms with van der Waals surface area (Å²) in [5.74, 6) is 0.402. The molecule has 3 saturated heterocycles. The molecule has 1 unspecified atom stereocenters. The molecule has 4 heteroatoms. The molecule has 1 aromatic rings. The molecule has 0 aliphatic carbocycles. The highest BCUT2D eigenvalue weighted by molar-refractivity contribution is 5.89. The molecule has 0 amide bonds. The van der Waals surface area contributed by atoms with Gasteiger partial charge in [0.2, 0.25) is 0 Å². The van der Waals surface area contributed by atoms with Gasteiger partial charge in [-0.1, -0.05) is 0 Å². The number of phenols is 1. The number of phenolic OH excluding ortho intramolecular Hbond substituents is 1. The van der Waals surface area contributed by atoms with Crippen LogP contribution in [0.2, 0.25) is 0 Å². The fourth-order valence-electron chi connectivity index (χ4n) is 2.85. The average molecular weight is 247 g/mol. The van der Waals surface area contributed by atoms with Gasteiger partial charge in [0.25, 0.3) is 0 Å². The zero-order valence-electron chi connectivity index (χ0n) is 10.2. The van der Waals surface area contributed by atoms with E-state index in [0.717, 1.165) is 32.5 Å². The summed E-state index contributed by atoms with van der Waals surface area (Å²) in [5.41, 5.74) is 0.504. The van der Waals surface area contributed by atoms with E-state index < -0.39 is 0 Å². The van der Waals surface area contributed by atoms with Crippen LogP contribution in [-0.2, 0) is 4.74 Å². The van der Waals surface area contributed by atoms with Crippen LogP contribution in [0.4, 0.5) is 0 Å². The van der Waals surface area contributed by atoms with E-state index in [-0.39, 0.29) is 17.8 Å². The molecule has 1 N–H and O–H groups in total. The van der Waals surface area contributed by atoms with Crippen LogP contribution in [0.1, 0.15) is 23.2 Å². The van der Waals surface area contributed by atoms with E-state index in [1.165, 1.54) is 12.1 Å². The van der Waals surface area contributed by atoms with Crippen molar-refractivity contribution < 1.29 is 14.6 Å². The van der Waals surface area contributed by atoms with Gasteiger partial charge in [-0.3, -0.25) is 4.90 Å². The minimum absolute atomic E-state index is 0.0359. The number of aromatic hydroxyl groups is 1. The topological polar surface area (TPSA) is 49.8 Å². The molecule has 96 valence electrons. The second kappa shape index (κ2) is 4.61. The van der Waals surface area contributed by atoms with E-state index in [0.29, 0.717) is 11.5 Å². The van der Waals surface area contributed by atoms with Crippen LogP contribution in [-0.4, -0.2) is 41.7 Å². The number of benzene rings is 1. The Balaban J connectivity index is 1.66. The first-order chi connectivity index (χ1) is 8.72. The first-order valence-corrected chi connectivity index (χ1v) is 6.45. The zero-order chi connectivity index (χ0) is 12.5. The van der Waals surface area contributed by atoms with Gasteiger partial charge in [0.1, 0.15) is 11.9 Å². The Morgan fingerprint density at radius 3 is 2.44 bits per heavy atom. The summed E-state index contributed by atoms with van der Waals surface area (Å²) in [6.45, 7) is 3.14. The fourth-order valence-corrected chi connectivity index (χ4v) is 2.85. The summed E-state index contributed by atoms with van der Waals surface area (Å²) in [4.78, 5) is 14.3. The van der Waals surface area contributed by atoms with E-state index in [9.17, 15) is 9.90 Å². The standard InChI is InChI=1S/C14H17NO3/c16-12-3-1-11(2-4-12)14(17)18-13-9-15-7-5-10(13)6-8-15/h1-4,10,13,16H,5-9H2. The van der Waals surface area contributed by atoms with Crippen molar-refractivity contribution in [2.24, 2.45) is 5.92 Å². The van der Waals surface area contributed by atoms with Crippen molar-refractivity contribution in [1.82, 2.24) is 4.90 Å². The van der Waals surface area contributed by atoms with E-state index in [1.54, 1.807) is 12.1 Å². The first-order valence-electron chi connectivity index (χ1n) is 6.45. The van der Waals surface area contributed by atoms with Gasteiger partial charge < -0.3 is 9.84 Å². The SMILES string of the molecule is O=C(OC1CN2CCC1CC2)c1ccc(O)cc1. The number of rotatable bonds is 2. The van der Waals surface area contributed by atoms with Gasteiger partial charge in [0, 0.05) is 6.54 Å². The van der Waals surface area contributed by atoms with Crippen LogP contribution in [0.25, 0.3) is 0 Å². The highest BCUT2D eigenvalue weighted by Gasteiger charge is 2.36. The molecule has 1 atom stereocenters. The zero-order valence-corrected chi connectivity index (χ0v) is 10.2. The molecule has 3 heterocycles. The lowest BCUT2D eigenvalue weighted by Crippen LogP contribution is -2.51. The molecule has 3 aliphatic heterocycles. The summed E-state index contributed by atoms with van der Waals surface area (Å²) in [7, 11) is 0. The lowest BCUT2D eigenvalue weighted by atomic mass is 9.86. The molecular formula is C14H17NO3. The third-order valence-corrected chi connectivity index (χ3v) is 3.96. The van der Waals surface area contributed by atoms with Gasteiger partial charge in [-0.2, -0.15) is 0 Å². The molecule has 4 nitrogen and oxygen atoms in total. The number of piperidine rings is 3. The molecule has 3 aliphatic rings. The second-order valence-electron chi connectivity index (χ2n) is 5.13. The lowest BCUT2D eigenvalue weighted by Gasteiger charge is -2.43. The Morgan fingerprint density at radius 1 is 1.22 bits per heavy atom. The summed E-state index contributed by atoms with van der Waals surface area (Å²) in [6, 6.07) is 6.21. The summed E-state index contributed by atoms with van der Waals surface area (Å²) in [6.07, 6.45) is 2.30. The van der Waals surface area contributed by atoms with E-state index in [4.69, 9.17) is 4.74 Å². The van der Waals surface area contributed by atoms with Crippen molar-refractivity contribution in [3.8, 4) is 5.75 Å². The van der Waals surface area contributed by atoms with Crippen molar-refractivity contribution >= 4 is 5.97 Å². The smallest absolute Gasteiger partial charge is 0.338 e. The van der Waals surface area contributed by atoms with E-state index >= 15 is 0 Å². The van der Waals surface area contributed by atoms with E-state index in [1.807, 2.05) is 0 Å². The Morgan fingerprint density at radius 2 is 1.89 bits per heavy atom. The van der Waals surface area contributed by atoms with Crippen molar-refractivity contribution in [1.29, 1.82) is 0 Å². The predicted octanol–water partition coefficient (Wildman–Crippen LogP) is 1.64. The molecule has 18 heavy (non-hydrogen) atoms. The van der Waals surface area contributed by atoms with Gasteiger partial charge in [-0.05, 0) is 56.1 Å². The molecular weight excluding hydrogens is 230 g/mol. The first kappa shape index (κ1) is 11.5. The van der Waals surface area contributed by atoms with Gasteiger partial charge in [-0.25, -0.2) is 4.79 Å². The summed E-state index contributed by atoms with van der Waals surface area (Å²) in [5, 5.41) is 9.19. The number of nitrogens with zero attached hydrogens (tertiary/aromatic N) is 1. The molecule has 0 aromatic heterocycles. The minimum atomic E-state index is -0.284. The van der Waals surface area contributed by atoms with Crippen molar-refractivity contribution in [3.63, 3.8) is 0 Å². The molecule has 4 rings (SSSR count). The Hall–Kier alpha value is -1.55. The maximum atomic E-state index is 12.0. The maximum absolute atomic E-state index is 12.0. The molecule has 1 aromatic carbocycles. The normalized spacial score (nSPS) is 30.1. The Bertz CT molecular complexity index is 435. The van der Waals surface area contributed by atoms with Gasteiger partial charge in [0.05, 0.1) is 5.56 Å². The van der Waals surface area contributed by atoms with Crippen LogP contribution in [0.3, 0.4) is 0 Å². The molecule has 2 bridgehead atoms. The highest BCUT2D eigenvalue weighted by atomic mass is 16.5. The lowest BCUT2D eigenvalue weighted by molar-refractivity contribution is -0.0455. The second-order valence-corrected chi connectivity index (χ2v) is 5.13. The minimum Gasteiger partial charge on any atom is -0.508 e. The average Bonchev–Trinajstić information content (AvgIpc) is 2.41. The number of fused-ring (bicyclic) bond motifs is 3. The van der Waals surface area contributed by atoms with Crippen molar-refractivity contribution in [2.75, 3.05) is 19.6 Å². The van der Waals surface area contributed by atoms with Gasteiger partial charge in [-0.15, -0.1) is 0 Å². The van der Waals surface area contributed by atoms with Crippen molar-refractivity contribution in [3.05, 3.63) is 29.8 Å². The maximum Gasteiger partial charge on any atom is 0.338 e. The fraction of sp³-hybridized carbons (Fsp3) is 0.500. The molecule has 0 spiro atoms. The predicted molar refractivity (Wildman–Crippen MR) is 66.5 cm³/mol. The number of hydrogen-bond donors (Lipinski definition) is 1. The third-order valence-electron chi connectivity index (χ3n) is 3.96. The number of ether oxygens (including phenoxy) is 1.